The minimum atomic E-state index is -2.90. The van der Waals surface area contributed by atoms with Gasteiger partial charge in [0.25, 0.3) is 0 Å². The van der Waals surface area contributed by atoms with Crippen molar-refractivity contribution in [3.05, 3.63) is 0 Å². The van der Waals surface area contributed by atoms with E-state index in [1.54, 1.807) is 0 Å². The first-order valence-electron chi connectivity index (χ1n) is 7.45. The molecule has 3 heterocycles. The fraction of sp³-hybridized carbons (Fsp3) is 1.00. The molecule has 3 rings (SSSR count). The van der Waals surface area contributed by atoms with E-state index in [9.17, 15) is 0 Å². The lowest BCUT2D eigenvalue weighted by Crippen LogP contribution is -2.59. The molecule has 112 valence electrons. The third-order valence-corrected chi connectivity index (χ3v) is 5.66. The van der Waals surface area contributed by atoms with Crippen molar-refractivity contribution in [3.8, 4) is 0 Å². The molecule has 0 saturated carbocycles. The zero-order chi connectivity index (χ0) is 13.7. The smallest absolute Gasteiger partial charge is 0.351 e. The zero-order valence-corrected chi connectivity index (χ0v) is 13.4. The lowest BCUT2D eigenvalue weighted by Gasteiger charge is -2.40. The monoisotopic (exact) mass is 289 g/mol. The van der Waals surface area contributed by atoms with Crippen LogP contribution in [0.1, 0.15) is 33.6 Å². The third kappa shape index (κ3) is 4.51. The molecule has 0 aromatic carbocycles. The van der Waals surface area contributed by atoms with Crippen LogP contribution in [0.15, 0.2) is 0 Å². The summed E-state index contributed by atoms with van der Waals surface area (Å²) in [6, 6.07) is 0. The summed E-state index contributed by atoms with van der Waals surface area (Å²) < 4.78 is 23.9. The second kappa shape index (κ2) is 7.15. The van der Waals surface area contributed by atoms with Crippen LogP contribution >= 0.6 is 0 Å². The summed E-state index contributed by atoms with van der Waals surface area (Å²) in [5.41, 5.74) is 0. The number of hydrogen-bond acceptors (Lipinski definition) is 5. The van der Waals surface area contributed by atoms with E-state index < -0.39 is 9.05 Å². The average Bonchev–Trinajstić information content (AvgIpc) is 2.28. The SMILES string of the molecule is CCCO[Si]12OCCN(CCO1)CC(CC(C)C)O2. The predicted molar refractivity (Wildman–Crippen MR) is 74.7 cm³/mol. The summed E-state index contributed by atoms with van der Waals surface area (Å²) in [4.78, 5) is 2.37. The molecule has 0 aromatic heterocycles. The van der Waals surface area contributed by atoms with Gasteiger partial charge in [0, 0.05) is 26.2 Å². The van der Waals surface area contributed by atoms with E-state index in [-0.39, 0.29) is 6.10 Å². The van der Waals surface area contributed by atoms with Gasteiger partial charge in [-0.15, -0.1) is 0 Å². The molecule has 1 unspecified atom stereocenters. The van der Waals surface area contributed by atoms with Gasteiger partial charge in [0.1, 0.15) is 0 Å². The quantitative estimate of drug-likeness (QED) is 0.720. The number of nitrogens with zero attached hydrogens (tertiary/aromatic N) is 1. The highest BCUT2D eigenvalue weighted by molar-refractivity contribution is 6.53. The first kappa shape index (κ1) is 15.4. The van der Waals surface area contributed by atoms with E-state index in [1.807, 2.05) is 0 Å². The first-order valence-corrected chi connectivity index (χ1v) is 9.09. The van der Waals surface area contributed by atoms with Crippen LogP contribution in [-0.4, -0.2) is 59.5 Å². The van der Waals surface area contributed by atoms with Gasteiger partial charge >= 0.3 is 9.05 Å². The molecule has 6 heteroatoms. The fourth-order valence-electron chi connectivity index (χ4n) is 2.53. The summed E-state index contributed by atoms with van der Waals surface area (Å²) >= 11 is 0. The lowest BCUT2D eigenvalue weighted by atomic mass is 10.1. The summed E-state index contributed by atoms with van der Waals surface area (Å²) in [7, 11) is -2.90. The van der Waals surface area contributed by atoms with Gasteiger partial charge in [-0.25, -0.2) is 0 Å². The molecule has 0 amide bonds. The summed E-state index contributed by atoms with van der Waals surface area (Å²) in [5, 5.41) is 0. The molecule has 3 fully saturated rings. The minimum Gasteiger partial charge on any atom is -0.351 e. The highest BCUT2D eigenvalue weighted by Crippen LogP contribution is 2.23. The predicted octanol–water partition coefficient (Wildman–Crippen LogP) is 1.64. The van der Waals surface area contributed by atoms with Crippen LogP contribution in [0, 0.1) is 5.92 Å². The van der Waals surface area contributed by atoms with Crippen molar-refractivity contribution in [3.63, 3.8) is 0 Å². The van der Waals surface area contributed by atoms with Crippen LogP contribution in [0.25, 0.3) is 0 Å². The van der Waals surface area contributed by atoms with Crippen molar-refractivity contribution >= 4 is 9.05 Å². The van der Waals surface area contributed by atoms with Gasteiger partial charge in [0.15, 0.2) is 0 Å². The van der Waals surface area contributed by atoms with E-state index in [0.717, 1.165) is 32.5 Å². The second-order valence-corrected chi connectivity index (χ2v) is 7.82. The van der Waals surface area contributed by atoms with Crippen LogP contribution in [-0.2, 0) is 17.7 Å². The van der Waals surface area contributed by atoms with Gasteiger partial charge in [0.05, 0.1) is 19.3 Å². The van der Waals surface area contributed by atoms with E-state index in [2.05, 4.69) is 25.7 Å². The Morgan fingerprint density at radius 1 is 1.26 bits per heavy atom. The maximum atomic E-state index is 6.19. The van der Waals surface area contributed by atoms with E-state index >= 15 is 0 Å². The van der Waals surface area contributed by atoms with Crippen molar-refractivity contribution in [1.29, 1.82) is 0 Å². The summed E-state index contributed by atoms with van der Waals surface area (Å²) in [5.74, 6) is 0.601. The van der Waals surface area contributed by atoms with Gasteiger partial charge in [-0.3, -0.25) is 4.90 Å². The summed E-state index contributed by atoms with van der Waals surface area (Å²) in [6.07, 6.45) is 2.13. The molecular formula is C13H27NO4Si. The Labute approximate surface area is 117 Å². The molecule has 0 spiro atoms. The van der Waals surface area contributed by atoms with Gasteiger partial charge in [0.2, 0.25) is 0 Å². The maximum Gasteiger partial charge on any atom is 0.680 e. The Morgan fingerprint density at radius 3 is 2.53 bits per heavy atom. The molecule has 3 aliphatic rings. The molecule has 0 aliphatic carbocycles. The third-order valence-electron chi connectivity index (χ3n) is 3.36. The molecule has 3 aliphatic heterocycles. The second-order valence-electron chi connectivity index (χ2n) is 5.72. The zero-order valence-electron chi connectivity index (χ0n) is 12.4. The number of rotatable bonds is 5. The number of hydrogen-bond donors (Lipinski definition) is 0. The normalized spacial score (nSPS) is 36.0. The van der Waals surface area contributed by atoms with Gasteiger partial charge in [-0.05, 0) is 18.8 Å². The van der Waals surface area contributed by atoms with Gasteiger partial charge in [-0.1, -0.05) is 20.8 Å². The maximum absolute atomic E-state index is 6.19. The molecule has 3 saturated heterocycles. The van der Waals surface area contributed by atoms with Crippen LogP contribution in [0.2, 0.25) is 0 Å². The Kier molecular flexibility index (Phi) is 5.80. The Bertz CT molecular complexity index is 262. The van der Waals surface area contributed by atoms with Crippen molar-refractivity contribution < 1.29 is 17.7 Å². The Morgan fingerprint density at radius 2 is 1.95 bits per heavy atom. The molecule has 5 nitrogen and oxygen atoms in total. The molecule has 0 N–H and O–H groups in total. The molecule has 0 aromatic rings. The molecule has 0 radical (unpaired) electrons. The van der Waals surface area contributed by atoms with Gasteiger partial charge < -0.3 is 17.7 Å². The first-order chi connectivity index (χ1) is 9.13. The molecule has 19 heavy (non-hydrogen) atoms. The molecule has 2 bridgehead atoms. The van der Waals surface area contributed by atoms with Crippen LogP contribution < -0.4 is 0 Å². The Balaban J connectivity index is 2.07. The summed E-state index contributed by atoms with van der Waals surface area (Å²) in [6.45, 7) is 11.3. The van der Waals surface area contributed by atoms with Crippen LogP contribution in [0.4, 0.5) is 0 Å². The van der Waals surface area contributed by atoms with Crippen LogP contribution in [0.5, 0.6) is 0 Å². The highest BCUT2D eigenvalue weighted by Gasteiger charge is 2.50. The number of fused-ring (bicyclic) bond motifs is 6. The minimum absolute atomic E-state index is 0.157. The average molecular weight is 289 g/mol. The van der Waals surface area contributed by atoms with E-state index in [0.29, 0.717) is 25.7 Å². The Hall–Kier alpha value is 0.0169. The van der Waals surface area contributed by atoms with Crippen molar-refractivity contribution in [2.24, 2.45) is 5.92 Å². The van der Waals surface area contributed by atoms with E-state index in [4.69, 9.17) is 17.7 Å². The lowest BCUT2D eigenvalue weighted by molar-refractivity contribution is -0.102. The standard InChI is InChI=1S/C13H27NO4Si/c1-4-7-15-19-16-8-5-14(6-9-17-19)11-13(18-19)10-12(2)3/h12-13H,4-11H2,1-3H3. The highest BCUT2D eigenvalue weighted by atomic mass is 28.4. The largest absolute Gasteiger partial charge is 0.680 e. The molecule has 1 atom stereocenters. The van der Waals surface area contributed by atoms with Crippen molar-refractivity contribution in [1.82, 2.24) is 4.90 Å². The van der Waals surface area contributed by atoms with Gasteiger partial charge in [-0.2, -0.15) is 0 Å². The topological polar surface area (TPSA) is 40.2 Å². The van der Waals surface area contributed by atoms with Crippen LogP contribution in [0.3, 0.4) is 0 Å². The van der Waals surface area contributed by atoms with Crippen molar-refractivity contribution in [2.45, 2.75) is 39.7 Å². The fourth-order valence-corrected chi connectivity index (χ4v) is 4.70. The van der Waals surface area contributed by atoms with E-state index in [1.165, 1.54) is 0 Å². The van der Waals surface area contributed by atoms with Crippen molar-refractivity contribution in [2.75, 3.05) is 39.5 Å². The molecular weight excluding hydrogens is 262 g/mol.